The number of ether oxygens (including phenoxy) is 1. The molecule has 3 heterocycles. The number of halogens is 1. The second-order valence-electron chi connectivity index (χ2n) is 12.0. The molecule has 1 atom stereocenters. The van der Waals surface area contributed by atoms with Crippen molar-refractivity contribution in [1.82, 2.24) is 4.90 Å². The maximum Gasteiger partial charge on any atom is 0.328 e. The van der Waals surface area contributed by atoms with Gasteiger partial charge in [0.05, 0.1) is 7.11 Å². The van der Waals surface area contributed by atoms with Gasteiger partial charge in [-0.05, 0) is 60.0 Å². The largest absolute Gasteiger partial charge is 0.467 e. The quantitative estimate of drug-likeness (QED) is 0.142. The smallest absolute Gasteiger partial charge is 0.328 e. The van der Waals surface area contributed by atoms with E-state index in [1.54, 1.807) is 28.4 Å². The number of carbonyl (C=O) groups is 2. The first kappa shape index (κ1) is 31.5. The highest BCUT2D eigenvalue weighted by atomic mass is 32.1. The highest BCUT2D eigenvalue weighted by Gasteiger charge is 2.35. The topological polar surface area (TPSA) is 53.1 Å². The zero-order chi connectivity index (χ0) is 30.2. The van der Waals surface area contributed by atoms with Crippen LogP contribution in [0.4, 0.5) is 15.8 Å². The van der Waals surface area contributed by atoms with Crippen LogP contribution in [-0.2, 0) is 27.2 Å². The number of anilines is 2. The van der Waals surface area contributed by atoms with Gasteiger partial charge in [-0.25, -0.2) is 9.18 Å². The zero-order valence-electron chi connectivity index (χ0n) is 25.8. The van der Waals surface area contributed by atoms with E-state index in [0.717, 1.165) is 85.4 Å². The highest BCUT2D eigenvalue weighted by molar-refractivity contribution is 7.17. The molecule has 2 aliphatic heterocycles. The molecular formula is C35H46FN3O3S. The number of hydrogen-bond donors (Lipinski definition) is 0. The zero-order valence-corrected chi connectivity index (χ0v) is 26.6. The van der Waals surface area contributed by atoms with E-state index in [4.69, 9.17) is 4.74 Å². The number of nitrogens with zero attached hydrogens (tertiary/aromatic N) is 3. The molecule has 0 aliphatic carbocycles. The van der Waals surface area contributed by atoms with Gasteiger partial charge in [0.25, 0.3) is 0 Å². The average molecular weight is 608 g/mol. The van der Waals surface area contributed by atoms with Gasteiger partial charge < -0.3 is 9.64 Å². The molecule has 232 valence electrons. The molecule has 8 heteroatoms. The molecule has 1 unspecified atom stereocenters. The molecule has 1 fully saturated rings. The van der Waals surface area contributed by atoms with Crippen LogP contribution in [0.3, 0.4) is 0 Å². The van der Waals surface area contributed by atoms with Crippen molar-refractivity contribution in [3.63, 3.8) is 0 Å². The van der Waals surface area contributed by atoms with E-state index in [2.05, 4.69) is 41.0 Å². The van der Waals surface area contributed by atoms with Crippen LogP contribution in [0.15, 0.2) is 41.8 Å². The van der Waals surface area contributed by atoms with Crippen LogP contribution in [0.25, 0.3) is 10.1 Å². The number of piperazine rings is 1. The Bertz CT molecular complexity index is 1380. The van der Waals surface area contributed by atoms with E-state index < -0.39 is 6.04 Å². The summed E-state index contributed by atoms with van der Waals surface area (Å²) in [6, 6.07) is 11.2. The SMILES string of the molecule is CCCCCCCCCC(C(=O)OC)N1C(=O)CCc2ccc(CCN3CCN(c4cc(F)cc5sccc45)CC3)cc21. The first-order valence-electron chi connectivity index (χ1n) is 16.1. The van der Waals surface area contributed by atoms with Gasteiger partial charge in [0, 0.05) is 60.6 Å². The van der Waals surface area contributed by atoms with E-state index in [-0.39, 0.29) is 17.7 Å². The van der Waals surface area contributed by atoms with Gasteiger partial charge in [0.15, 0.2) is 0 Å². The Morgan fingerprint density at radius 3 is 2.49 bits per heavy atom. The van der Waals surface area contributed by atoms with Crippen LogP contribution in [0.5, 0.6) is 0 Å². The average Bonchev–Trinajstić information content (AvgIpc) is 3.50. The summed E-state index contributed by atoms with van der Waals surface area (Å²) in [6.45, 7) is 6.69. The summed E-state index contributed by atoms with van der Waals surface area (Å²) in [5.41, 5.74) is 4.17. The van der Waals surface area contributed by atoms with Crippen LogP contribution < -0.4 is 9.80 Å². The summed E-state index contributed by atoms with van der Waals surface area (Å²) in [4.78, 5) is 32.7. The molecule has 1 saturated heterocycles. The van der Waals surface area contributed by atoms with E-state index >= 15 is 0 Å². The maximum absolute atomic E-state index is 14.2. The van der Waals surface area contributed by atoms with Gasteiger partial charge in [-0.3, -0.25) is 14.6 Å². The molecule has 43 heavy (non-hydrogen) atoms. The minimum atomic E-state index is -0.576. The van der Waals surface area contributed by atoms with Crippen LogP contribution in [-0.4, -0.2) is 62.7 Å². The molecule has 6 nitrogen and oxygen atoms in total. The lowest BCUT2D eigenvalue weighted by Gasteiger charge is -2.37. The fraction of sp³-hybridized carbons (Fsp3) is 0.543. The third-order valence-electron chi connectivity index (χ3n) is 9.10. The number of fused-ring (bicyclic) bond motifs is 2. The predicted octanol–water partition coefficient (Wildman–Crippen LogP) is 7.37. The summed E-state index contributed by atoms with van der Waals surface area (Å²) in [7, 11) is 1.42. The van der Waals surface area contributed by atoms with Crippen molar-refractivity contribution in [3.05, 3.63) is 58.7 Å². The van der Waals surface area contributed by atoms with E-state index in [1.165, 1.54) is 38.4 Å². The molecule has 2 aliphatic rings. The Morgan fingerprint density at radius 2 is 1.72 bits per heavy atom. The van der Waals surface area contributed by atoms with Gasteiger partial charge in [-0.1, -0.05) is 64.0 Å². The van der Waals surface area contributed by atoms with Crippen LogP contribution in [0, 0.1) is 5.82 Å². The third-order valence-corrected chi connectivity index (χ3v) is 9.96. The van der Waals surface area contributed by atoms with E-state index in [9.17, 15) is 14.0 Å². The van der Waals surface area contributed by atoms with Crippen molar-refractivity contribution in [2.24, 2.45) is 0 Å². The standard InChI is InChI=1S/C35H46FN3O3S/c1-3-4-5-6-7-8-9-10-30(35(41)42-2)39-31-23-26(11-12-27(31)13-14-34(39)40)15-17-37-18-20-38(21-19-37)32-24-28(36)25-33-29(32)16-22-43-33/h11-12,16,22-25,30H,3-10,13-15,17-21H2,1-2H3. The van der Waals surface area contributed by atoms with Crippen molar-refractivity contribution in [2.75, 3.05) is 49.6 Å². The first-order valence-corrected chi connectivity index (χ1v) is 17.0. The molecule has 2 aromatic carbocycles. The van der Waals surface area contributed by atoms with Crippen molar-refractivity contribution in [2.45, 2.75) is 83.6 Å². The Hall–Kier alpha value is -2.97. The summed E-state index contributed by atoms with van der Waals surface area (Å²) < 4.78 is 20.4. The number of rotatable bonds is 14. The molecule has 1 aromatic heterocycles. The molecule has 0 saturated carbocycles. The van der Waals surface area contributed by atoms with Crippen molar-refractivity contribution >= 4 is 44.7 Å². The summed E-state index contributed by atoms with van der Waals surface area (Å²) in [5.74, 6) is -0.492. The number of amides is 1. The number of thiophene rings is 1. The maximum atomic E-state index is 14.2. The number of methoxy groups -OCH3 is 1. The minimum Gasteiger partial charge on any atom is -0.467 e. The number of carbonyl (C=O) groups excluding carboxylic acids is 2. The number of hydrogen-bond acceptors (Lipinski definition) is 6. The molecule has 5 rings (SSSR count). The molecule has 0 radical (unpaired) electrons. The first-order chi connectivity index (χ1) is 21.0. The Morgan fingerprint density at radius 1 is 0.953 bits per heavy atom. The number of aryl methyl sites for hydroxylation is 1. The van der Waals surface area contributed by atoms with Gasteiger partial charge in [-0.2, -0.15) is 0 Å². The Labute approximate surface area is 259 Å². The van der Waals surface area contributed by atoms with Crippen molar-refractivity contribution in [3.8, 4) is 0 Å². The summed E-state index contributed by atoms with van der Waals surface area (Å²) in [5, 5.41) is 3.16. The highest BCUT2D eigenvalue weighted by Crippen LogP contribution is 2.34. The van der Waals surface area contributed by atoms with Crippen LogP contribution in [0.1, 0.15) is 75.8 Å². The second kappa shape index (κ2) is 15.2. The predicted molar refractivity (Wildman–Crippen MR) is 175 cm³/mol. The molecular weight excluding hydrogens is 561 g/mol. The fourth-order valence-corrected chi connectivity index (χ4v) is 7.43. The van der Waals surface area contributed by atoms with Gasteiger partial charge in [-0.15, -0.1) is 11.3 Å². The van der Waals surface area contributed by atoms with Crippen molar-refractivity contribution in [1.29, 1.82) is 0 Å². The lowest BCUT2D eigenvalue weighted by Crippen LogP contribution is -2.48. The van der Waals surface area contributed by atoms with Gasteiger partial charge in [0.2, 0.25) is 5.91 Å². The molecule has 1 amide bonds. The van der Waals surface area contributed by atoms with Gasteiger partial charge in [0.1, 0.15) is 11.9 Å². The fourth-order valence-electron chi connectivity index (χ4n) is 6.60. The second-order valence-corrected chi connectivity index (χ2v) is 13.0. The molecule has 3 aromatic rings. The minimum absolute atomic E-state index is 0.0104. The Kier molecular flexibility index (Phi) is 11.1. The lowest BCUT2D eigenvalue weighted by molar-refractivity contribution is -0.143. The van der Waals surface area contributed by atoms with Crippen molar-refractivity contribution < 1.29 is 18.7 Å². The molecule has 0 spiro atoms. The lowest BCUT2D eigenvalue weighted by atomic mass is 9.95. The van der Waals surface area contributed by atoms with E-state index in [0.29, 0.717) is 19.3 Å². The van der Waals surface area contributed by atoms with Crippen LogP contribution in [0.2, 0.25) is 0 Å². The number of unbranched alkanes of at least 4 members (excludes halogenated alkanes) is 6. The van der Waals surface area contributed by atoms with E-state index in [1.807, 2.05) is 5.38 Å². The van der Waals surface area contributed by atoms with Gasteiger partial charge >= 0.3 is 5.97 Å². The molecule has 0 N–H and O–H groups in total. The number of esters is 1. The van der Waals surface area contributed by atoms with Crippen LogP contribution >= 0.6 is 11.3 Å². The number of benzene rings is 2. The monoisotopic (exact) mass is 607 g/mol. The Balaban J connectivity index is 1.20. The normalized spacial score (nSPS) is 16.5. The molecule has 0 bridgehead atoms. The summed E-state index contributed by atoms with van der Waals surface area (Å²) in [6.07, 6.45) is 10.7. The third kappa shape index (κ3) is 7.76. The summed E-state index contributed by atoms with van der Waals surface area (Å²) >= 11 is 1.58.